The summed E-state index contributed by atoms with van der Waals surface area (Å²) in [6, 6.07) is 24.9. The molecule has 1 aliphatic rings. The SMILES string of the molecule is Cc1ccc(Cn2cc(/C=C3/Sc4ccccc4C3=O)c3ccccc32)cc1. The zero-order valence-corrected chi connectivity index (χ0v) is 16.4. The summed E-state index contributed by atoms with van der Waals surface area (Å²) in [4.78, 5) is 14.6. The summed E-state index contributed by atoms with van der Waals surface area (Å²) < 4.78 is 2.27. The number of hydrogen-bond donors (Lipinski definition) is 0. The highest BCUT2D eigenvalue weighted by Gasteiger charge is 2.25. The zero-order chi connectivity index (χ0) is 19.1. The van der Waals surface area contributed by atoms with Gasteiger partial charge in [0.1, 0.15) is 0 Å². The van der Waals surface area contributed by atoms with Crippen LogP contribution in [0.1, 0.15) is 27.0 Å². The van der Waals surface area contributed by atoms with Crippen LogP contribution < -0.4 is 0 Å². The third kappa shape index (κ3) is 2.98. The van der Waals surface area contributed by atoms with Gasteiger partial charge in [0, 0.05) is 39.7 Å². The van der Waals surface area contributed by atoms with Gasteiger partial charge in [0.15, 0.2) is 0 Å². The highest BCUT2D eigenvalue weighted by atomic mass is 32.2. The predicted octanol–water partition coefficient (Wildman–Crippen LogP) is 6.33. The van der Waals surface area contributed by atoms with Gasteiger partial charge in [0.05, 0.1) is 4.91 Å². The van der Waals surface area contributed by atoms with Crippen LogP contribution in [0.5, 0.6) is 0 Å². The molecule has 0 bridgehead atoms. The molecular weight excluding hydrogens is 362 g/mol. The first-order chi connectivity index (χ1) is 13.7. The Hall–Kier alpha value is -3.04. The monoisotopic (exact) mass is 381 g/mol. The van der Waals surface area contributed by atoms with Gasteiger partial charge in [-0.3, -0.25) is 4.79 Å². The van der Waals surface area contributed by atoms with Gasteiger partial charge in [0.2, 0.25) is 5.78 Å². The smallest absolute Gasteiger partial charge is 0.200 e. The molecule has 1 aliphatic heterocycles. The van der Waals surface area contributed by atoms with Crippen molar-refractivity contribution in [2.24, 2.45) is 0 Å². The summed E-state index contributed by atoms with van der Waals surface area (Å²) in [5.74, 6) is 0.121. The number of carbonyl (C=O) groups is 1. The van der Waals surface area contributed by atoms with Crippen molar-refractivity contribution in [1.82, 2.24) is 4.57 Å². The Morgan fingerprint density at radius 3 is 2.50 bits per heavy atom. The van der Waals surface area contributed by atoms with Crippen LogP contribution in [0.3, 0.4) is 0 Å². The molecule has 0 saturated carbocycles. The second kappa shape index (κ2) is 6.84. The van der Waals surface area contributed by atoms with Crippen LogP contribution in [0.15, 0.2) is 88.8 Å². The molecule has 4 aromatic rings. The molecule has 136 valence electrons. The first kappa shape index (κ1) is 17.1. The molecule has 5 rings (SSSR count). The lowest BCUT2D eigenvalue weighted by Crippen LogP contribution is -1.97. The van der Waals surface area contributed by atoms with Crippen molar-refractivity contribution in [2.45, 2.75) is 18.4 Å². The van der Waals surface area contributed by atoms with Gasteiger partial charge in [-0.05, 0) is 36.8 Å². The number of carbonyl (C=O) groups excluding carboxylic acids is 1. The van der Waals surface area contributed by atoms with Crippen molar-refractivity contribution in [3.05, 3.63) is 106 Å². The summed E-state index contributed by atoms with van der Waals surface area (Å²) in [7, 11) is 0. The maximum absolute atomic E-state index is 12.8. The van der Waals surface area contributed by atoms with Crippen LogP contribution in [0.2, 0.25) is 0 Å². The van der Waals surface area contributed by atoms with Crippen molar-refractivity contribution in [1.29, 1.82) is 0 Å². The van der Waals surface area contributed by atoms with Crippen LogP contribution in [-0.4, -0.2) is 10.4 Å². The van der Waals surface area contributed by atoms with Gasteiger partial charge in [-0.15, -0.1) is 0 Å². The number of para-hydroxylation sites is 1. The molecule has 0 fully saturated rings. The maximum atomic E-state index is 12.8. The van der Waals surface area contributed by atoms with E-state index in [4.69, 9.17) is 0 Å². The zero-order valence-electron chi connectivity index (χ0n) is 15.6. The molecule has 2 nitrogen and oxygen atoms in total. The van der Waals surface area contributed by atoms with Crippen molar-refractivity contribution in [3.8, 4) is 0 Å². The van der Waals surface area contributed by atoms with Gasteiger partial charge in [-0.2, -0.15) is 0 Å². The van der Waals surface area contributed by atoms with E-state index in [1.165, 1.54) is 22.0 Å². The number of ketones is 1. The number of nitrogens with zero attached hydrogens (tertiary/aromatic N) is 1. The molecule has 0 spiro atoms. The van der Waals surface area contributed by atoms with E-state index in [-0.39, 0.29) is 5.78 Å². The topological polar surface area (TPSA) is 22.0 Å². The molecule has 28 heavy (non-hydrogen) atoms. The van der Waals surface area contributed by atoms with Crippen molar-refractivity contribution >= 4 is 34.5 Å². The Morgan fingerprint density at radius 1 is 0.929 bits per heavy atom. The molecule has 0 atom stereocenters. The van der Waals surface area contributed by atoms with E-state index in [0.29, 0.717) is 0 Å². The first-order valence-electron chi connectivity index (χ1n) is 9.36. The number of benzene rings is 3. The van der Waals surface area contributed by atoms with E-state index >= 15 is 0 Å². The second-order valence-corrected chi connectivity index (χ2v) is 8.23. The molecule has 0 unspecified atom stereocenters. The van der Waals surface area contributed by atoms with E-state index in [2.05, 4.69) is 66.2 Å². The van der Waals surface area contributed by atoms with E-state index in [1.807, 2.05) is 30.3 Å². The van der Waals surface area contributed by atoms with E-state index < -0.39 is 0 Å². The molecule has 1 aromatic heterocycles. The first-order valence-corrected chi connectivity index (χ1v) is 10.2. The van der Waals surface area contributed by atoms with E-state index in [9.17, 15) is 4.79 Å². The lowest BCUT2D eigenvalue weighted by molar-refractivity contribution is 0.104. The van der Waals surface area contributed by atoms with Crippen LogP contribution in [-0.2, 0) is 6.54 Å². The van der Waals surface area contributed by atoms with Crippen LogP contribution in [0, 0.1) is 6.92 Å². The number of thioether (sulfide) groups is 1. The summed E-state index contributed by atoms with van der Waals surface area (Å²) in [5.41, 5.74) is 5.61. The molecule has 2 heterocycles. The third-order valence-electron chi connectivity index (χ3n) is 5.15. The number of fused-ring (bicyclic) bond motifs is 2. The minimum atomic E-state index is 0.121. The third-order valence-corrected chi connectivity index (χ3v) is 6.25. The largest absolute Gasteiger partial charge is 0.342 e. The van der Waals surface area contributed by atoms with E-state index in [0.717, 1.165) is 27.5 Å². The molecule has 0 radical (unpaired) electrons. The lowest BCUT2D eigenvalue weighted by Gasteiger charge is -2.06. The van der Waals surface area contributed by atoms with Gasteiger partial charge in [-0.25, -0.2) is 0 Å². The number of hydrogen-bond acceptors (Lipinski definition) is 2. The lowest BCUT2D eigenvalue weighted by atomic mass is 10.1. The normalized spacial score (nSPS) is 14.8. The predicted molar refractivity (Wildman–Crippen MR) is 117 cm³/mol. The fraction of sp³-hybridized carbons (Fsp3) is 0.0800. The highest BCUT2D eigenvalue weighted by Crippen LogP contribution is 2.41. The Kier molecular flexibility index (Phi) is 4.18. The highest BCUT2D eigenvalue weighted by molar-refractivity contribution is 8.04. The fourth-order valence-electron chi connectivity index (χ4n) is 3.69. The molecule has 0 aliphatic carbocycles. The summed E-state index contributed by atoms with van der Waals surface area (Å²) >= 11 is 1.56. The second-order valence-electron chi connectivity index (χ2n) is 7.15. The molecular formula is C25H19NOS. The standard InChI is InChI=1S/C25H19NOS/c1-17-10-12-18(13-11-17)15-26-16-19(20-6-2-4-8-22(20)26)14-24-25(27)21-7-3-5-9-23(21)28-24/h2-14,16H,15H2,1H3/b24-14+. The molecule has 0 N–H and O–H groups in total. The number of aromatic nitrogens is 1. The van der Waals surface area contributed by atoms with Crippen molar-refractivity contribution in [2.75, 3.05) is 0 Å². The molecule has 0 saturated heterocycles. The Labute approximate surface area is 168 Å². The van der Waals surface area contributed by atoms with Gasteiger partial charge >= 0.3 is 0 Å². The van der Waals surface area contributed by atoms with Crippen LogP contribution in [0.25, 0.3) is 17.0 Å². The maximum Gasteiger partial charge on any atom is 0.200 e. The van der Waals surface area contributed by atoms with Gasteiger partial charge < -0.3 is 4.57 Å². The average molecular weight is 382 g/mol. The van der Waals surface area contributed by atoms with Crippen molar-refractivity contribution < 1.29 is 4.79 Å². The Balaban J connectivity index is 1.56. The molecule has 3 aromatic carbocycles. The Bertz CT molecular complexity index is 1230. The number of Topliss-reactive ketones (excluding diaryl/α,β-unsaturated/α-hetero) is 1. The quantitative estimate of drug-likeness (QED) is 0.387. The summed E-state index contributed by atoms with van der Waals surface area (Å²) in [6.45, 7) is 2.92. The number of aryl methyl sites for hydroxylation is 1. The number of rotatable bonds is 3. The van der Waals surface area contributed by atoms with Crippen LogP contribution in [0.4, 0.5) is 0 Å². The van der Waals surface area contributed by atoms with Crippen LogP contribution >= 0.6 is 11.8 Å². The molecule has 3 heteroatoms. The van der Waals surface area contributed by atoms with E-state index in [1.54, 1.807) is 11.8 Å². The molecule has 0 amide bonds. The summed E-state index contributed by atoms with van der Waals surface area (Å²) in [5, 5.41) is 1.17. The minimum Gasteiger partial charge on any atom is -0.342 e. The Morgan fingerprint density at radius 2 is 1.68 bits per heavy atom. The average Bonchev–Trinajstić information content (AvgIpc) is 3.22. The fourth-order valence-corrected chi connectivity index (χ4v) is 4.73. The minimum absolute atomic E-state index is 0.121. The van der Waals surface area contributed by atoms with Gasteiger partial charge in [0.25, 0.3) is 0 Å². The van der Waals surface area contributed by atoms with Gasteiger partial charge in [-0.1, -0.05) is 71.9 Å². The summed E-state index contributed by atoms with van der Waals surface area (Å²) in [6.07, 6.45) is 4.20. The van der Waals surface area contributed by atoms with Crippen molar-refractivity contribution in [3.63, 3.8) is 0 Å². The number of allylic oxidation sites excluding steroid dienone is 1.